The highest BCUT2D eigenvalue weighted by atomic mass is 32.3. The maximum atomic E-state index is 10.3. The lowest BCUT2D eigenvalue weighted by atomic mass is 10.2. The SMILES string of the molecule is O=C1C=CC(=O)C=C1.O=S(=O)(O)O. The molecule has 1 rings (SSSR count). The molecule has 0 aliphatic heterocycles. The van der Waals surface area contributed by atoms with Crippen molar-refractivity contribution in [3.8, 4) is 0 Å². The van der Waals surface area contributed by atoms with Crippen molar-refractivity contribution in [3.63, 3.8) is 0 Å². The topological polar surface area (TPSA) is 109 Å². The molecule has 0 fully saturated rings. The summed E-state index contributed by atoms with van der Waals surface area (Å²) in [7, 11) is -4.67. The van der Waals surface area contributed by atoms with E-state index in [-0.39, 0.29) is 11.6 Å². The molecule has 0 bridgehead atoms. The van der Waals surface area contributed by atoms with Crippen LogP contribution in [0.15, 0.2) is 24.3 Å². The zero-order valence-corrected chi connectivity index (χ0v) is 7.06. The average Bonchev–Trinajstić information content (AvgIpc) is 1.92. The lowest BCUT2D eigenvalue weighted by Gasteiger charge is -1.87. The normalized spacial score (nSPS) is 15.2. The standard InChI is InChI=1S/C6H4O2.H2O4S/c7-5-1-2-6(8)4-3-5;1-5(2,3)4/h1-4H;(H2,1,2,3,4). The second-order valence-electron chi connectivity index (χ2n) is 1.92. The van der Waals surface area contributed by atoms with E-state index in [1.54, 1.807) is 0 Å². The molecule has 0 aromatic heterocycles. The Hall–Kier alpha value is -1.31. The fourth-order valence-corrected chi connectivity index (χ4v) is 0.440. The monoisotopic (exact) mass is 206 g/mol. The van der Waals surface area contributed by atoms with Gasteiger partial charge in [0.2, 0.25) is 0 Å². The highest BCUT2D eigenvalue weighted by Crippen LogP contribution is 1.90. The van der Waals surface area contributed by atoms with Gasteiger partial charge in [-0.15, -0.1) is 0 Å². The van der Waals surface area contributed by atoms with E-state index in [2.05, 4.69) is 0 Å². The predicted molar refractivity (Wildman–Crippen MR) is 42.5 cm³/mol. The van der Waals surface area contributed by atoms with Gasteiger partial charge < -0.3 is 0 Å². The van der Waals surface area contributed by atoms with E-state index in [0.717, 1.165) is 0 Å². The first-order chi connectivity index (χ1) is 5.79. The molecule has 0 atom stereocenters. The fourth-order valence-electron chi connectivity index (χ4n) is 0.440. The number of hydrogen-bond donors (Lipinski definition) is 2. The van der Waals surface area contributed by atoms with Crippen molar-refractivity contribution in [2.45, 2.75) is 0 Å². The Kier molecular flexibility index (Phi) is 4.18. The zero-order valence-electron chi connectivity index (χ0n) is 6.25. The highest BCUT2D eigenvalue weighted by molar-refractivity contribution is 7.79. The Bertz CT molecular complexity index is 315. The zero-order chi connectivity index (χ0) is 10.5. The molecule has 0 saturated heterocycles. The minimum absolute atomic E-state index is 0.121. The Labute approximate surface area is 74.1 Å². The second kappa shape index (κ2) is 4.65. The van der Waals surface area contributed by atoms with E-state index < -0.39 is 10.4 Å². The van der Waals surface area contributed by atoms with Crippen LogP contribution < -0.4 is 0 Å². The summed E-state index contributed by atoms with van der Waals surface area (Å²) >= 11 is 0. The Balaban J connectivity index is 0.000000252. The molecule has 1 aliphatic carbocycles. The highest BCUT2D eigenvalue weighted by Gasteiger charge is 1.97. The predicted octanol–water partition coefficient (Wildman–Crippen LogP) is -0.402. The Morgan fingerprint density at radius 1 is 0.846 bits per heavy atom. The van der Waals surface area contributed by atoms with Gasteiger partial charge in [-0.2, -0.15) is 8.42 Å². The minimum Gasteiger partial charge on any atom is -0.290 e. The van der Waals surface area contributed by atoms with Gasteiger partial charge in [-0.05, 0) is 24.3 Å². The number of rotatable bonds is 0. The van der Waals surface area contributed by atoms with Gasteiger partial charge >= 0.3 is 10.4 Å². The smallest absolute Gasteiger partial charge is 0.290 e. The van der Waals surface area contributed by atoms with Crippen LogP contribution in [0.1, 0.15) is 0 Å². The molecule has 2 N–H and O–H groups in total. The van der Waals surface area contributed by atoms with Crippen LogP contribution in [0.5, 0.6) is 0 Å². The lowest BCUT2D eigenvalue weighted by molar-refractivity contribution is -0.113. The third-order valence-corrected chi connectivity index (χ3v) is 0.824. The molecule has 0 heterocycles. The number of hydrogen-bond acceptors (Lipinski definition) is 4. The largest absolute Gasteiger partial charge is 0.394 e. The molecule has 0 spiro atoms. The maximum absolute atomic E-state index is 10.3. The summed E-state index contributed by atoms with van der Waals surface area (Å²) in [6, 6.07) is 0. The molecule has 72 valence electrons. The number of allylic oxidation sites excluding steroid dienone is 4. The van der Waals surface area contributed by atoms with Crippen LogP contribution in [-0.2, 0) is 20.0 Å². The van der Waals surface area contributed by atoms with Gasteiger partial charge in [0.1, 0.15) is 0 Å². The first kappa shape index (κ1) is 11.7. The van der Waals surface area contributed by atoms with Crippen LogP contribution in [-0.4, -0.2) is 29.1 Å². The molecular formula is C6H6O6S. The van der Waals surface area contributed by atoms with E-state index >= 15 is 0 Å². The molecule has 1 aliphatic rings. The summed E-state index contributed by atoms with van der Waals surface area (Å²) in [6.45, 7) is 0. The van der Waals surface area contributed by atoms with E-state index in [1.807, 2.05) is 0 Å². The molecule has 0 amide bonds. The van der Waals surface area contributed by atoms with Crippen LogP contribution in [0.3, 0.4) is 0 Å². The summed E-state index contributed by atoms with van der Waals surface area (Å²) in [5, 5.41) is 0. The Morgan fingerprint density at radius 2 is 1.00 bits per heavy atom. The minimum atomic E-state index is -4.67. The molecule has 0 unspecified atom stereocenters. The van der Waals surface area contributed by atoms with Crippen molar-refractivity contribution in [1.82, 2.24) is 0 Å². The van der Waals surface area contributed by atoms with Gasteiger partial charge in [0.15, 0.2) is 11.6 Å². The average molecular weight is 206 g/mol. The van der Waals surface area contributed by atoms with Crippen molar-refractivity contribution in [2.24, 2.45) is 0 Å². The third-order valence-electron chi connectivity index (χ3n) is 0.824. The maximum Gasteiger partial charge on any atom is 0.394 e. The molecule has 0 aromatic rings. The van der Waals surface area contributed by atoms with Crippen molar-refractivity contribution in [3.05, 3.63) is 24.3 Å². The van der Waals surface area contributed by atoms with Gasteiger partial charge in [-0.1, -0.05) is 0 Å². The van der Waals surface area contributed by atoms with Crippen molar-refractivity contribution < 1.29 is 27.1 Å². The van der Waals surface area contributed by atoms with Gasteiger partial charge in [0.25, 0.3) is 0 Å². The molecule has 0 radical (unpaired) electrons. The Morgan fingerprint density at radius 3 is 1.15 bits per heavy atom. The molecule has 0 aromatic carbocycles. The van der Waals surface area contributed by atoms with Gasteiger partial charge in [0.05, 0.1) is 0 Å². The summed E-state index contributed by atoms with van der Waals surface area (Å²) in [4.78, 5) is 20.6. The van der Waals surface area contributed by atoms with E-state index in [1.165, 1.54) is 24.3 Å². The number of carbonyl (C=O) groups is 2. The second-order valence-corrected chi connectivity index (χ2v) is 2.81. The van der Waals surface area contributed by atoms with Crippen LogP contribution in [0.2, 0.25) is 0 Å². The fraction of sp³-hybridized carbons (Fsp3) is 0. The quantitative estimate of drug-likeness (QED) is 0.412. The molecule has 13 heavy (non-hydrogen) atoms. The third kappa shape index (κ3) is 10.7. The van der Waals surface area contributed by atoms with Gasteiger partial charge in [-0.25, -0.2) is 0 Å². The summed E-state index contributed by atoms with van der Waals surface area (Å²) in [5.74, 6) is -0.241. The lowest BCUT2D eigenvalue weighted by Crippen LogP contribution is -1.97. The van der Waals surface area contributed by atoms with Crippen molar-refractivity contribution >= 4 is 22.0 Å². The van der Waals surface area contributed by atoms with Crippen LogP contribution in [0, 0.1) is 0 Å². The van der Waals surface area contributed by atoms with Crippen molar-refractivity contribution in [2.75, 3.05) is 0 Å². The van der Waals surface area contributed by atoms with Crippen LogP contribution in [0.4, 0.5) is 0 Å². The van der Waals surface area contributed by atoms with E-state index in [0.29, 0.717) is 0 Å². The van der Waals surface area contributed by atoms with Gasteiger partial charge in [-0.3, -0.25) is 18.7 Å². The summed E-state index contributed by atoms with van der Waals surface area (Å²) < 4.78 is 31.6. The first-order valence-electron chi connectivity index (χ1n) is 2.93. The molecule has 6 nitrogen and oxygen atoms in total. The molecular weight excluding hydrogens is 200 g/mol. The van der Waals surface area contributed by atoms with Crippen LogP contribution in [0.25, 0.3) is 0 Å². The number of ketones is 2. The van der Waals surface area contributed by atoms with Crippen molar-refractivity contribution in [1.29, 1.82) is 0 Å². The van der Waals surface area contributed by atoms with Gasteiger partial charge in [0, 0.05) is 0 Å². The summed E-state index contributed by atoms with van der Waals surface area (Å²) in [5.41, 5.74) is 0. The molecule has 0 saturated carbocycles. The van der Waals surface area contributed by atoms with Crippen LogP contribution >= 0.6 is 0 Å². The molecule has 7 heteroatoms. The first-order valence-corrected chi connectivity index (χ1v) is 4.33. The summed E-state index contributed by atoms with van der Waals surface area (Å²) in [6.07, 6.45) is 5.01. The number of carbonyl (C=O) groups excluding carboxylic acids is 2. The van der Waals surface area contributed by atoms with E-state index in [4.69, 9.17) is 17.5 Å². The van der Waals surface area contributed by atoms with E-state index in [9.17, 15) is 9.59 Å².